The number of anilines is 2. The highest BCUT2D eigenvalue weighted by Gasteiger charge is 2.65. The molecule has 0 atom stereocenters. The Morgan fingerprint density at radius 1 is 1.20 bits per heavy atom. The lowest BCUT2D eigenvalue weighted by Crippen LogP contribution is -2.28. The number of pyridine rings is 1. The van der Waals surface area contributed by atoms with Gasteiger partial charge in [-0.3, -0.25) is 10.1 Å². The van der Waals surface area contributed by atoms with Crippen molar-refractivity contribution in [3.63, 3.8) is 0 Å². The number of thiazole rings is 1. The predicted molar refractivity (Wildman–Crippen MR) is 125 cm³/mol. The summed E-state index contributed by atoms with van der Waals surface area (Å²) < 4.78 is 45.4. The summed E-state index contributed by atoms with van der Waals surface area (Å²) in [6, 6.07) is 7.47. The molecule has 1 amide bonds. The molecule has 12 heteroatoms. The van der Waals surface area contributed by atoms with Crippen LogP contribution in [0.25, 0.3) is 22.2 Å². The molecule has 1 aliphatic carbocycles. The minimum Gasteiger partial charge on any atom is -0.346 e. The van der Waals surface area contributed by atoms with Gasteiger partial charge >= 0.3 is 6.18 Å². The molecule has 8 nitrogen and oxygen atoms in total. The largest absolute Gasteiger partial charge is 0.399 e. The van der Waals surface area contributed by atoms with Crippen molar-refractivity contribution in [2.45, 2.75) is 38.3 Å². The van der Waals surface area contributed by atoms with Gasteiger partial charge in [0.25, 0.3) is 5.91 Å². The SMILES string of the molecule is Cc1nc(-c2ccc3ccnc(NC=CC(=O)Nc4nc(C)c(C5(C(F)(F)F)CC5)s4)c3c2)no1. The van der Waals surface area contributed by atoms with E-state index < -0.39 is 17.5 Å². The topological polar surface area (TPSA) is 106 Å². The molecule has 0 unspecified atom stereocenters. The van der Waals surface area contributed by atoms with Crippen LogP contribution in [-0.2, 0) is 10.2 Å². The van der Waals surface area contributed by atoms with Gasteiger partial charge in [0.1, 0.15) is 11.2 Å². The van der Waals surface area contributed by atoms with Gasteiger partial charge in [-0.25, -0.2) is 9.97 Å². The van der Waals surface area contributed by atoms with E-state index in [0.717, 1.165) is 27.7 Å². The van der Waals surface area contributed by atoms with Gasteiger partial charge in [0, 0.05) is 41.2 Å². The third-order valence-electron chi connectivity index (χ3n) is 5.76. The summed E-state index contributed by atoms with van der Waals surface area (Å²) >= 11 is 0.868. The number of amides is 1. The number of fused-ring (bicyclic) bond motifs is 1. The molecule has 1 aliphatic rings. The number of carbonyl (C=O) groups excluding carboxylic acids is 1. The second-order valence-electron chi connectivity index (χ2n) is 8.21. The van der Waals surface area contributed by atoms with E-state index in [-0.39, 0.29) is 28.5 Å². The highest BCUT2D eigenvalue weighted by atomic mass is 32.1. The average Bonchev–Trinajstić information content (AvgIpc) is 3.39. The van der Waals surface area contributed by atoms with Crippen LogP contribution in [0.2, 0.25) is 0 Å². The summed E-state index contributed by atoms with van der Waals surface area (Å²) in [7, 11) is 0. The third kappa shape index (κ3) is 4.36. The number of aromatic nitrogens is 4. The van der Waals surface area contributed by atoms with Crippen molar-refractivity contribution >= 4 is 39.0 Å². The van der Waals surface area contributed by atoms with Crippen LogP contribution in [0.5, 0.6) is 0 Å². The van der Waals surface area contributed by atoms with Gasteiger partial charge in [-0.15, -0.1) is 11.3 Å². The molecule has 0 bridgehead atoms. The van der Waals surface area contributed by atoms with E-state index in [1.807, 2.05) is 24.3 Å². The highest BCUT2D eigenvalue weighted by Crippen LogP contribution is 2.61. The van der Waals surface area contributed by atoms with Crippen molar-refractivity contribution < 1.29 is 22.5 Å². The van der Waals surface area contributed by atoms with E-state index in [1.54, 1.807) is 13.1 Å². The predicted octanol–water partition coefficient (Wildman–Crippen LogP) is 5.52. The van der Waals surface area contributed by atoms with Crippen LogP contribution in [0.15, 0.2) is 47.3 Å². The molecule has 1 saturated carbocycles. The van der Waals surface area contributed by atoms with Crippen molar-refractivity contribution in [1.29, 1.82) is 0 Å². The Morgan fingerprint density at radius 2 is 2.00 bits per heavy atom. The maximum absolute atomic E-state index is 13.4. The Bertz CT molecular complexity index is 1460. The molecule has 3 aromatic heterocycles. The number of benzene rings is 1. The average molecular weight is 501 g/mol. The Hall–Kier alpha value is -3.80. The molecular weight excluding hydrogens is 481 g/mol. The zero-order valence-electron chi connectivity index (χ0n) is 18.6. The van der Waals surface area contributed by atoms with Gasteiger partial charge in [0.2, 0.25) is 11.7 Å². The molecule has 2 N–H and O–H groups in total. The Morgan fingerprint density at radius 3 is 2.69 bits per heavy atom. The summed E-state index contributed by atoms with van der Waals surface area (Å²) in [5.41, 5.74) is -0.794. The molecule has 4 aromatic rings. The van der Waals surface area contributed by atoms with E-state index in [0.29, 0.717) is 17.5 Å². The number of hydrogen-bond donors (Lipinski definition) is 2. The summed E-state index contributed by atoms with van der Waals surface area (Å²) in [6.45, 7) is 3.23. The van der Waals surface area contributed by atoms with Crippen LogP contribution < -0.4 is 10.6 Å². The lowest BCUT2D eigenvalue weighted by atomic mass is 10.0. The van der Waals surface area contributed by atoms with Gasteiger partial charge in [0.15, 0.2) is 5.13 Å². The molecule has 0 radical (unpaired) electrons. The third-order valence-corrected chi connectivity index (χ3v) is 7.04. The van der Waals surface area contributed by atoms with Crippen LogP contribution in [0, 0.1) is 13.8 Å². The van der Waals surface area contributed by atoms with Crippen molar-refractivity contribution in [3.05, 3.63) is 59.2 Å². The van der Waals surface area contributed by atoms with Crippen molar-refractivity contribution in [3.8, 4) is 11.4 Å². The molecule has 180 valence electrons. The number of rotatable bonds is 6. The fourth-order valence-corrected chi connectivity index (χ4v) is 5.08. The van der Waals surface area contributed by atoms with Crippen LogP contribution in [0.4, 0.5) is 24.1 Å². The van der Waals surface area contributed by atoms with Gasteiger partial charge in [-0.05, 0) is 37.3 Å². The molecule has 35 heavy (non-hydrogen) atoms. The molecule has 3 heterocycles. The normalized spacial score (nSPS) is 15.0. The van der Waals surface area contributed by atoms with Gasteiger partial charge in [-0.2, -0.15) is 18.2 Å². The van der Waals surface area contributed by atoms with E-state index in [2.05, 4.69) is 30.7 Å². The van der Waals surface area contributed by atoms with Gasteiger partial charge in [-0.1, -0.05) is 17.3 Å². The van der Waals surface area contributed by atoms with Crippen LogP contribution in [-0.4, -0.2) is 32.2 Å². The van der Waals surface area contributed by atoms with Crippen LogP contribution >= 0.6 is 11.3 Å². The van der Waals surface area contributed by atoms with E-state index in [9.17, 15) is 18.0 Å². The van der Waals surface area contributed by atoms with Crippen LogP contribution in [0.1, 0.15) is 29.3 Å². The van der Waals surface area contributed by atoms with E-state index in [4.69, 9.17) is 4.52 Å². The number of hydrogen-bond acceptors (Lipinski definition) is 8. The quantitative estimate of drug-likeness (QED) is 0.336. The highest BCUT2D eigenvalue weighted by molar-refractivity contribution is 7.16. The smallest absolute Gasteiger partial charge is 0.346 e. The number of halogens is 3. The Labute approximate surface area is 201 Å². The Balaban J connectivity index is 1.30. The maximum atomic E-state index is 13.4. The first kappa shape index (κ1) is 23.0. The zero-order valence-corrected chi connectivity index (χ0v) is 19.4. The standard InChI is InChI=1S/C23H19F3N6O2S/c1-12-18(22(7-8-22)23(24,25)26)35-21(29-12)31-17(33)6-10-28-20-16-11-15(19-30-13(2)34-32-19)4-3-14(16)5-9-27-20/h3-6,9-11H,7-8H2,1-2H3,(H,27,28)(H,29,31,33). The van der Waals surface area contributed by atoms with E-state index >= 15 is 0 Å². The van der Waals surface area contributed by atoms with Gasteiger partial charge < -0.3 is 9.84 Å². The first-order valence-electron chi connectivity index (χ1n) is 10.6. The first-order valence-corrected chi connectivity index (χ1v) is 11.5. The van der Waals surface area contributed by atoms with Crippen LogP contribution in [0.3, 0.4) is 0 Å². The number of nitrogens with one attached hydrogen (secondary N) is 2. The summed E-state index contributed by atoms with van der Waals surface area (Å²) in [6.07, 6.45) is 0.0155. The molecule has 0 aliphatic heterocycles. The molecular formula is C23H19F3N6O2S. The molecule has 1 aromatic carbocycles. The summed E-state index contributed by atoms with van der Waals surface area (Å²) in [5.74, 6) is 0.872. The number of aryl methyl sites for hydroxylation is 2. The fraction of sp³-hybridized carbons (Fsp3) is 0.261. The molecule has 0 saturated heterocycles. The first-order chi connectivity index (χ1) is 16.7. The number of alkyl halides is 3. The van der Waals surface area contributed by atoms with E-state index in [1.165, 1.54) is 19.2 Å². The monoisotopic (exact) mass is 500 g/mol. The second-order valence-corrected chi connectivity index (χ2v) is 9.21. The van der Waals surface area contributed by atoms with Crippen molar-refractivity contribution in [2.24, 2.45) is 0 Å². The minimum atomic E-state index is -4.33. The second kappa shape index (κ2) is 8.45. The lowest BCUT2D eigenvalue weighted by Gasteiger charge is -2.17. The van der Waals surface area contributed by atoms with Gasteiger partial charge in [0.05, 0.1) is 5.69 Å². The van der Waals surface area contributed by atoms with Crippen molar-refractivity contribution in [1.82, 2.24) is 20.1 Å². The fourth-order valence-electron chi connectivity index (χ4n) is 3.84. The minimum absolute atomic E-state index is 0.0445. The maximum Gasteiger partial charge on any atom is 0.399 e. The summed E-state index contributed by atoms with van der Waals surface area (Å²) in [4.78, 5) is 25.2. The molecule has 1 fully saturated rings. The number of carbonyl (C=O) groups is 1. The molecule has 5 rings (SSSR count). The zero-order chi connectivity index (χ0) is 24.8. The van der Waals surface area contributed by atoms with Crippen molar-refractivity contribution in [2.75, 3.05) is 10.6 Å². The summed E-state index contributed by atoms with van der Waals surface area (Å²) in [5, 5.41) is 11.3. The lowest BCUT2D eigenvalue weighted by molar-refractivity contribution is -0.160. The Kier molecular flexibility index (Phi) is 5.55. The number of nitrogens with zero attached hydrogens (tertiary/aromatic N) is 4. The molecule has 0 spiro atoms.